The Morgan fingerprint density at radius 3 is 2.17 bits per heavy atom. The third kappa shape index (κ3) is 3.44. The zero-order valence-electron chi connectivity index (χ0n) is 10.7. The smallest absolute Gasteiger partial charge is 0.0701 e. The molecule has 0 saturated heterocycles. The Labute approximate surface area is 121 Å². The summed E-state index contributed by atoms with van der Waals surface area (Å²) in [6, 6.07) is 13.0. The summed E-state index contributed by atoms with van der Waals surface area (Å²) in [6.45, 7) is 4.41. The molecule has 3 heteroatoms. The highest BCUT2D eigenvalue weighted by Gasteiger charge is 2.09. The lowest BCUT2D eigenvalue weighted by Gasteiger charge is -2.12. The van der Waals surface area contributed by atoms with Crippen molar-refractivity contribution >= 4 is 27.3 Å². The first-order valence-corrected chi connectivity index (χ1v) is 7.77. The van der Waals surface area contributed by atoms with Gasteiger partial charge in [-0.1, -0.05) is 38.1 Å². The highest BCUT2D eigenvalue weighted by atomic mass is 79.9. The molecule has 0 spiro atoms. The Morgan fingerprint density at radius 2 is 1.67 bits per heavy atom. The van der Waals surface area contributed by atoms with Crippen molar-refractivity contribution in [1.29, 1.82) is 0 Å². The topological polar surface area (TPSA) is 26.0 Å². The molecule has 1 heterocycles. The minimum absolute atomic E-state index is 0.0803. The van der Waals surface area contributed by atoms with E-state index in [9.17, 15) is 0 Å². The van der Waals surface area contributed by atoms with Gasteiger partial charge in [0.2, 0.25) is 0 Å². The summed E-state index contributed by atoms with van der Waals surface area (Å²) in [5, 5.41) is 0. The first-order chi connectivity index (χ1) is 8.56. The fraction of sp³-hybridized carbons (Fsp3) is 0.333. The van der Waals surface area contributed by atoms with Gasteiger partial charge in [-0.05, 0) is 45.1 Å². The van der Waals surface area contributed by atoms with E-state index < -0.39 is 0 Å². The van der Waals surface area contributed by atoms with Crippen molar-refractivity contribution in [2.24, 2.45) is 5.73 Å². The summed E-state index contributed by atoms with van der Waals surface area (Å²) < 4.78 is 1.17. The first-order valence-electron chi connectivity index (χ1n) is 6.16. The third-order valence-electron chi connectivity index (χ3n) is 3.08. The van der Waals surface area contributed by atoms with Crippen molar-refractivity contribution < 1.29 is 0 Å². The number of benzene rings is 1. The summed E-state index contributed by atoms with van der Waals surface area (Å²) in [5.41, 5.74) is 8.83. The molecule has 1 aromatic heterocycles. The molecule has 0 amide bonds. The predicted molar refractivity (Wildman–Crippen MR) is 83.2 cm³/mol. The summed E-state index contributed by atoms with van der Waals surface area (Å²) in [6.07, 6.45) is 0.900. The van der Waals surface area contributed by atoms with E-state index in [4.69, 9.17) is 5.73 Å². The fourth-order valence-electron chi connectivity index (χ4n) is 1.92. The number of hydrogen-bond donors (Lipinski definition) is 1. The third-order valence-corrected chi connectivity index (χ3v) is 4.73. The van der Waals surface area contributed by atoms with Gasteiger partial charge in [0.15, 0.2) is 0 Å². The second-order valence-corrected chi connectivity index (χ2v) is 7.39. The van der Waals surface area contributed by atoms with E-state index in [1.54, 1.807) is 11.3 Å². The number of thiophene rings is 1. The summed E-state index contributed by atoms with van der Waals surface area (Å²) in [4.78, 5) is 1.32. The Kier molecular flexibility index (Phi) is 4.60. The van der Waals surface area contributed by atoms with E-state index in [1.165, 1.54) is 19.8 Å². The van der Waals surface area contributed by atoms with E-state index in [2.05, 4.69) is 66.2 Å². The van der Waals surface area contributed by atoms with Gasteiger partial charge in [0.05, 0.1) is 3.79 Å². The summed E-state index contributed by atoms with van der Waals surface area (Å²) in [5.74, 6) is 0.573. The van der Waals surface area contributed by atoms with E-state index >= 15 is 0 Å². The van der Waals surface area contributed by atoms with Crippen LogP contribution in [-0.4, -0.2) is 0 Å². The molecule has 0 aliphatic heterocycles. The highest BCUT2D eigenvalue weighted by molar-refractivity contribution is 9.11. The molecule has 2 rings (SSSR count). The minimum Gasteiger partial charge on any atom is -0.324 e. The lowest BCUT2D eigenvalue weighted by atomic mass is 9.98. The van der Waals surface area contributed by atoms with Crippen molar-refractivity contribution in [3.05, 3.63) is 56.2 Å². The van der Waals surface area contributed by atoms with Crippen molar-refractivity contribution in [3.63, 3.8) is 0 Å². The Bertz CT molecular complexity index is 501. The van der Waals surface area contributed by atoms with Gasteiger partial charge in [0, 0.05) is 17.3 Å². The van der Waals surface area contributed by atoms with Crippen LogP contribution < -0.4 is 5.73 Å². The fourth-order valence-corrected chi connectivity index (χ4v) is 3.47. The van der Waals surface area contributed by atoms with Gasteiger partial charge in [-0.25, -0.2) is 0 Å². The van der Waals surface area contributed by atoms with Crippen LogP contribution in [0.15, 0.2) is 40.2 Å². The molecule has 2 N–H and O–H groups in total. The minimum atomic E-state index is 0.0803. The Balaban J connectivity index is 2.06. The first kappa shape index (κ1) is 13.8. The Morgan fingerprint density at radius 1 is 1.06 bits per heavy atom. The second kappa shape index (κ2) is 6.00. The van der Waals surface area contributed by atoms with Crippen LogP contribution in [0.1, 0.15) is 41.8 Å². The van der Waals surface area contributed by atoms with Crippen LogP contribution in [0, 0.1) is 0 Å². The quantitative estimate of drug-likeness (QED) is 0.852. The molecule has 18 heavy (non-hydrogen) atoms. The van der Waals surface area contributed by atoms with Crippen molar-refractivity contribution in [1.82, 2.24) is 0 Å². The van der Waals surface area contributed by atoms with E-state index in [-0.39, 0.29) is 6.04 Å². The second-order valence-electron chi connectivity index (χ2n) is 4.84. The number of nitrogens with two attached hydrogens (primary N) is 1. The highest BCUT2D eigenvalue weighted by Crippen LogP contribution is 2.26. The van der Waals surface area contributed by atoms with Crippen molar-refractivity contribution in [2.45, 2.75) is 32.2 Å². The molecular formula is C15H18BrNS. The van der Waals surface area contributed by atoms with Crippen LogP contribution in [-0.2, 0) is 6.42 Å². The molecule has 0 radical (unpaired) electrons. The van der Waals surface area contributed by atoms with Gasteiger partial charge in [0.1, 0.15) is 0 Å². The average molecular weight is 324 g/mol. The number of rotatable bonds is 4. The molecular weight excluding hydrogens is 306 g/mol. The predicted octanol–water partition coefficient (Wildman–Crippen LogP) is 4.88. The maximum absolute atomic E-state index is 6.25. The molecule has 0 bridgehead atoms. The van der Waals surface area contributed by atoms with Crippen LogP contribution >= 0.6 is 27.3 Å². The molecule has 1 atom stereocenters. The van der Waals surface area contributed by atoms with Crippen LogP contribution in [0.2, 0.25) is 0 Å². The molecule has 1 aromatic carbocycles. The number of halogens is 1. The van der Waals surface area contributed by atoms with Crippen molar-refractivity contribution in [2.75, 3.05) is 0 Å². The zero-order valence-corrected chi connectivity index (χ0v) is 13.1. The largest absolute Gasteiger partial charge is 0.324 e. The molecule has 2 aromatic rings. The average Bonchev–Trinajstić information content (AvgIpc) is 2.75. The molecule has 0 saturated carbocycles. The van der Waals surface area contributed by atoms with E-state index in [1.807, 2.05) is 0 Å². The maximum atomic E-state index is 6.25. The monoisotopic (exact) mass is 323 g/mol. The van der Waals surface area contributed by atoms with Gasteiger partial charge in [0.25, 0.3) is 0 Å². The SMILES string of the molecule is CC(C)c1ccc(C(N)Cc2ccc(Br)s2)cc1. The molecule has 96 valence electrons. The molecule has 0 aliphatic rings. The maximum Gasteiger partial charge on any atom is 0.0701 e. The van der Waals surface area contributed by atoms with Gasteiger partial charge < -0.3 is 5.73 Å². The van der Waals surface area contributed by atoms with E-state index in [0.717, 1.165) is 6.42 Å². The van der Waals surface area contributed by atoms with Crippen molar-refractivity contribution in [3.8, 4) is 0 Å². The van der Waals surface area contributed by atoms with Gasteiger partial charge in [-0.2, -0.15) is 0 Å². The Hall–Kier alpha value is -0.640. The number of hydrogen-bond acceptors (Lipinski definition) is 2. The van der Waals surface area contributed by atoms with E-state index in [0.29, 0.717) is 5.92 Å². The van der Waals surface area contributed by atoms with Gasteiger partial charge >= 0.3 is 0 Å². The van der Waals surface area contributed by atoms with Gasteiger partial charge in [-0.15, -0.1) is 11.3 Å². The standard InChI is InChI=1S/C15H18BrNS/c1-10(2)11-3-5-12(6-4-11)14(17)9-13-7-8-15(16)18-13/h3-8,10,14H,9,17H2,1-2H3. The van der Waals surface area contributed by atoms with Crippen LogP contribution in [0.3, 0.4) is 0 Å². The van der Waals surface area contributed by atoms with Crippen LogP contribution in [0.25, 0.3) is 0 Å². The van der Waals surface area contributed by atoms with Crippen LogP contribution in [0.4, 0.5) is 0 Å². The molecule has 0 aliphatic carbocycles. The summed E-state index contributed by atoms with van der Waals surface area (Å²) >= 11 is 5.24. The lowest BCUT2D eigenvalue weighted by Crippen LogP contribution is -2.12. The summed E-state index contributed by atoms with van der Waals surface area (Å²) in [7, 11) is 0. The van der Waals surface area contributed by atoms with Crippen LogP contribution in [0.5, 0.6) is 0 Å². The zero-order chi connectivity index (χ0) is 13.1. The van der Waals surface area contributed by atoms with Gasteiger partial charge in [-0.3, -0.25) is 0 Å². The normalized spacial score (nSPS) is 12.9. The molecule has 1 unspecified atom stereocenters. The molecule has 0 fully saturated rings. The molecule has 1 nitrogen and oxygen atoms in total. The lowest BCUT2D eigenvalue weighted by molar-refractivity contribution is 0.728.